The number of fused-ring (bicyclic) bond motifs is 1. The third-order valence-corrected chi connectivity index (χ3v) is 4.09. The van der Waals surface area contributed by atoms with Crippen molar-refractivity contribution in [2.24, 2.45) is 0 Å². The molecule has 128 valence electrons. The van der Waals surface area contributed by atoms with Crippen LogP contribution in [0, 0.1) is 0 Å². The molecule has 0 aliphatic carbocycles. The predicted octanol–water partition coefficient (Wildman–Crippen LogP) is 4.58. The van der Waals surface area contributed by atoms with E-state index in [1.54, 1.807) is 36.4 Å². The molecule has 2 aromatic rings. The van der Waals surface area contributed by atoms with Gasteiger partial charge in [0, 0.05) is 27.8 Å². The largest absolute Gasteiger partial charge is 0.454 e. The van der Waals surface area contributed by atoms with Crippen molar-refractivity contribution in [3.05, 3.63) is 57.6 Å². The number of anilines is 1. The fraction of sp³-hybridized carbons (Fsp3) is 0.111. The number of halogens is 2. The number of ether oxygens (including phenoxy) is 2. The Morgan fingerprint density at radius 3 is 2.52 bits per heavy atom. The normalized spacial score (nSPS) is 12.4. The van der Waals surface area contributed by atoms with Gasteiger partial charge >= 0.3 is 0 Å². The van der Waals surface area contributed by atoms with Crippen LogP contribution in [0.1, 0.15) is 22.8 Å². The van der Waals surface area contributed by atoms with Crippen molar-refractivity contribution in [1.29, 1.82) is 0 Å². The molecule has 0 radical (unpaired) electrons. The fourth-order valence-corrected chi connectivity index (χ4v) is 2.78. The number of hydrogen-bond donors (Lipinski definition) is 1. The third-order valence-electron chi connectivity index (χ3n) is 3.53. The second-order valence-corrected chi connectivity index (χ2v) is 6.14. The van der Waals surface area contributed by atoms with Gasteiger partial charge in [-0.3, -0.25) is 9.59 Å². The van der Waals surface area contributed by atoms with Gasteiger partial charge in [0.05, 0.1) is 5.69 Å². The zero-order valence-corrected chi connectivity index (χ0v) is 14.6. The van der Waals surface area contributed by atoms with E-state index < -0.39 is 5.91 Å². The Bertz CT molecular complexity index is 893. The summed E-state index contributed by atoms with van der Waals surface area (Å²) in [5, 5.41) is 3.62. The fourth-order valence-electron chi connectivity index (χ4n) is 2.31. The van der Waals surface area contributed by atoms with E-state index in [-0.39, 0.29) is 12.6 Å². The van der Waals surface area contributed by atoms with Gasteiger partial charge in [-0.2, -0.15) is 0 Å². The predicted molar refractivity (Wildman–Crippen MR) is 96.7 cm³/mol. The summed E-state index contributed by atoms with van der Waals surface area (Å²) in [5.74, 6) is 0.349. The third kappa shape index (κ3) is 3.95. The molecule has 1 amide bonds. The molecular weight excluding hydrogens is 365 g/mol. The van der Waals surface area contributed by atoms with Gasteiger partial charge < -0.3 is 14.8 Å². The summed E-state index contributed by atoms with van der Waals surface area (Å²) in [6.07, 6.45) is 2.89. The Morgan fingerprint density at radius 1 is 1.12 bits per heavy atom. The number of carbonyl (C=O) groups excluding carboxylic acids is 2. The molecule has 5 nitrogen and oxygen atoms in total. The Labute approximate surface area is 154 Å². The van der Waals surface area contributed by atoms with Crippen LogP contribution in [0.2, 0.25) is 10.0 Å². The molecule has 0 saturated carbocycles. The van der Waals surface area contributed by atoms with Gasteiger partial charge in [-0.25, -0.2) is 0 Å². The second-order valence-electron chi connectivity index (χ2n) is 5.30. The van der Waals surface area contributed by atoms with E-state index >= 15 is 0 Å². The summed E-state index contributed by atoms with van der Waals surface area (Å²) < 4.78 is 10.5. The molecule has 0 saturated heterocycles. The minimum absolute atomic E-state index is 0.0824. The summed E-state index contributed by atoms with van der Waals surface area (Å²) in [4.78, 5) is 24.0. The van der Waals surface area contributed by atoms with Crippen LogP contribution in [-0.4, -0.2) is 18.5 Å². The monoisotopic (exact) mass is 377 g/mol. The first kappa shape index (κ1) is 17.3. The Balaban J connectivity index is 1.81. The number of amides is 1. The van der Waals surface area contributed by atoms with Crippen molar-refractivity contribution in [2.75, 3.05) is 12.1 Å². The highest BCUT2D eigenvalue weighted by molar-refractivity contribution is 6.35. The van der Waals surface area contributed by atoms with Crippen molar-refractivity contribution in [2.45, 2.75) is 6.92 Å². The Hall–Kier alpha value is -2.50. The number of Topliss-reactive ketones (excluding diaryl/α,β-unsaturated/α-hetero) is 1. The van der Waals surface area contributed by atoms with Crippen molar-refractivity contribution in [3.8, 4) is 11.5 Å². The summed E-state index contributed by atoms with van der Waals surface area (Å²) in [6.45, 7) is 1.50. The van der Waals surface area contributed by atoms with E-state index in [0.717, 1.165) is 0 Å². The van der Waals surface area contributed by atoms with Crippen molar-refractivity contribution < 1.29 is 19.1 Å². The average molecular weight is 378 g/mol. The van der Waals surface area contributed by atoms with Crippen molar-refractivity contribution in [3.63, 3.8) is 0 Å². The van der Waals surface area contributed by atoms with Gasteiger partial charge in [0.15, 0.2) is 17.3 Å². The van der Waals surface area contributed by atoms with E-state index in [4.69, 9.17) is 32.7 Å². The molecule has 1 N–H and O–H groups in total. The lowest BCUT2D eigenvalue weighted by Crippen LogP contribution is -2.11. The van der Waals surface area contributed by atoms with Crippen LogP contribution in [0.3, 0.4) is 0 Å². The molecule has 1 aliphatic heterocycles. The van der Waals surface area contributed by atoms with Crippen LogP contribution in [-0.2, 0) is 4.79 Å². The van der Waals surface area contributed by atoms with Crippen LogP contribution < -0.4 is 14.8 Å². The number of nitrogens with one attached hydrogen (secondary N) is 1. The van der Waals surface area contributed by atoms with Crippen LogP contribution in [0.4, 0.5) is 5.69 Å². The highest BCUT2D eigenvalue weighted by Gasteiger charge is 2.19. The van der Waals surface area contributed by atoms with E-state index in [2.05, 4.69) is 5.32 Å². The smallest absolute Gasteiger partial charge is 0.248 e. The zero-order chi connectivity index (χ0) is 18.0. The lowest BCUT2D eigenvalue weighted by atomic mass is 10.1. The SMILES string of the molecule is CC(=O)c1cc2c(cc1NC(=O)/C=C/c1ccc(Cl)cc1Cl)OCO2. The molecule has 0 bridgehead atoms. The number of rotatable bonds is 4. The minimum Gasteiger partial charge on any atom is -0.454 e. The van der Waals surface area contributed by atoms with Crippen LogP contribution in [0.5, 0.6) is 11.5 Å². The highest BCUT2D eigenvalue weighted by atomic mass is 35.5. The molecule has 0 atom stereocenters. The molecule has 1 heterocycles. The molecule has 0 fully saturated rings. The first-order chi connectivity index (χ1) is 11.9. The van der Waals surface area contributed by atoms with Gasteiger partial charge in [-0.05, 0) is 36.8 Å². The summed E-state index contributed by atoms with van der Waals surface area (Å²) in [7, 11) is 0. The first-order valence-electron chi connectivity index (χ1n) is 7.33. The molecule has 7 heteroatoms. The number of benzene rings is 2. The van der Waals surface area contributed by atoms with E-state index in [0.29, 0.717) is 38.4 Å². The molecule has 2 aromatic carbocycles. The topological polar surface area (TPSA) is 64.6 Å². The van der Waals surface area contributed by atoms with Gasteiger partial charge in [0.25, 0.3) is 0 Å². The molecule has 0 aromatic heterocycles. The molecule has 0 spiro atoms. The van der Waals surface area contributed by atoms with E-state index in [9.17, 15) is 9.59 Å². The van der Waals surface area contributed by atoms with Crippen LogP contribution >= 0.6 is 23.2 Å². The van der Waals surface area contributed by atoms with Gasteiger partial charge in [0.2, 0.25) is 12.7 Å². The second kappa shape index (κ2) is 7.17. The zero-order valence-electron chi connectivity index (χ0n) is 13.1. The summed E-state index contributed by atoms with van der Waals surface area (Å²) in [5.41, 5.74) is 1.35. The summed E-state index contributed by atoms with van der Waals surface area (Å²) >= 11 is 11.9. The Kier molecular flexibility index (Phi) is 4.97. The number of carbonyl (C=O) groups is 2. The van der Waals surface area contributed by atoms with E-state index in [1.807, 2.05) is 0 Å². The molecular formula is C18H13Cl2NO4. The van der Waals surface area contributed by atoms with Gasteiger partial charge in [0.1, 0.15) is 0 Å². The standard InChI is InChI=1S/C18H13Cl2NO4/c1-10(22)13-7-16-17(25-9-24-16)8-15(13)21-18(23)5-3-11-2-4-12(19)6-14(11)20/h2-8H,9H2,1H3,(H,21,23)/b5-3+. The minimum atomic E-state index is -0.410. The summed E-state index contributed by atoms with van der Waals surface area (Å²) in [6, 6.07) is 8.10. The number of hydrogen-bond acceptors (Lipinski definition) is 4. The highest BCUT2D eigenvalue weighted by Crippen LogP contribution is 2.37. The van der Waals surface area contributed by atoms with Gasteiger partial charge in [-0.15, -0.1) is 0 Å². The first-order valence-corrected chi connectivity index (χ1v) is 8.08. The Morgan fingerprint density at radius 2 is 1.84 bits per heavy atom. The van der Waals surface area contributed by atoms with E-state index in [1.165, 1.54) is 13.0 Å². The van der Waals surface area contributed by atoms with Crippen molar-refractivity contribution in [1.82, 2.24) is 0 Å². The van der Waals surface area contributed by atoms with Crippen LogP contribution in [0.25, 0.3) is 6.08 Å². The van der Waals surface area contributed by atoms with Crippen LogP contribution in [0.15, 0.2) is 36.4 Å². The molecule has 25 heavy (non-hydrogen) atoms. The number of ketones is 1. The maximum atomic E-state index is 12.2. The lowest BCUT2D eigenvalue weighted by Gasteiger charge is -2.09. The molecule has 0 unspecified atom stereocenters. The lowest BCUT2D eigenvalue weighted by molar-refractivity contribution is -0.111. The quantitative estimate of drug-likeness (QED) is 0.625. The van der Waals surface area contributed by atoms with Gasteiger partial charge in [-0.1, -0.05) is 29.3 Å². The maximum absolute atomic E-state index is 12.2. The molecule has 3 rings (SSSR count). The maximum Gasteiger partial charge on any atom is 0.248 e. The van der Waals surface area contributed by atoms with Crippen molar-refractivity contribution >= 4 is 46.7 Å². The average Bonchev–Trinajstić information content (AvgIpc) is 3.00. The molecule has 1 aliphatic rings.